The first kappa shape index (κ1) is 12.4. The Kier molecular flexibility index (Phi) is 3.12. The first-order valence-corrected chi connectivity index (χ1v) is 6.47. The topological polar surface area (TPSA) is 77.7 Å². The summed E-state index contributed by atoms with van der Waals surface area (Å²) in [6.07, 6.45) is 4.51. The van der Waals surface area contributed by atoms with E-state index in [9.17, 15) is 4.79 Å². The first-order valence-electron chi connectivity index (χ1n) is 6.47. The van der Waals surface area contributed by atoms with Gasteiger partial charge in [-0.1, -0.05) is 0 Å². The zero-order chi connectivity index (χ0) is 13.3. The molecule has 3 heterocycles. The predicted molar refractivity (Wildman–Crippen MR) is 68.4 cm³/mol. The molecule has 0 bridgehead atoms. The molecule has 0 radical (unpaired) electrons. The number of piperidine rings is 1. The molecule has 6 heteroatoms. The van der Waals surface area contributed by atoms with Crippen LogP contribution in [0.4, 0.5) is 5.69 Å². The molecule has 2 saturated heterocycles. The standard InChI is InChI=1S/C13H17N3O3/c14-11-9-15-4-1-10(11)12(17)16-5-2-13(3-6-16)18-7-8-19-13/h1,4,9H,2-3,5-8,14H2. The molecule has 0 saturated carbocycles. The molecule has 2 aliphatic heterocycles. The quantitative estimate of drug-likeness (QED) is 0.804. The number of nitrogen functional groups attached to an aromatic ring is 1. The SMILES string of the molecule is Nc1cnccc1C(=O)N1CCC2(CC1)OCCO2. The van der Waals surface area contributed by atoms with Crippen molar-refractivity contribution in [3.8, 4) is 0 Å². The van der Waals surface area contributed by atoms with Crippen molar-refractivity contribution in [2.75, 3.05) is 32.0 Å². The van der Waals surface area contributed by atoms with Crippen LogP contribution < -0.4 is 5.73 Å². The third-order valence-electron chi connectivity index (χ3n) is 3.71. The van der Waals surface area contributed by atoms with E-state index in [0.29, 0.717) is 50.4 Å². The van der Waals surface area contributed by atoms with Crippen molar-refractivity contribution in [3.63, 3.8) is 0 Å². The minimum Gasteiger partial charge on any atom is -0.397 e. The Labute approximate surface area is 111 Å². The van der Waals surface area contributed by atoms with Gasteiger partial charge in [0, 0.05) is 32.1 Å². The molecule has 3 rings (SSSR count). The number of nitrogens with zero attached hydrogens (tertiary/aromatic N) is 2. The number of pyridine rings is 1. The van der Waals surface area contributed by atoms with Crippen molar-refractivity contribution >= 4 is 11.6 Å². The number of nitrogens with two attached hydrogens (primary N) is 1. The van der Waals surface area contributed by atoms with Gasteiger partial charge in [0.2, 0.25) is 0 Å². The van der Waals surface area contributed by atoms with Crippen molar-refractivity contribution in [3.05, 3.63) is 24.0 Å². The molecule has 0 aromatic carbocycles. The van der Waals surface area contributed by atoms with Gasteiger partial charge < -0.3 is 20.1 Å². The van der Waals surface area contributed by atoms with Crippen molar-refractivity contribution in [2.45, 2.75) is 18.6 Å². The number of amides is 1. The van der Waals surface area contributed by atoms with E-state index >= 15 is 0 Å². The Bertz CT molecular complexity index is 476. The number of hydrogen-bond donors (Lipinski definition) is 1. The van der Waals surface area contributed by atoms with Crippen LogP contribution in [0.25, 0.3) is 0 Å². The first-order chi connectivity index (χ1) is 9.20. The molecule has 2 aliphatic rings. The molecule has 0 aliphatic carbocycles. The van der Waals surface area contributed by atoms with E-state index in [0.717, 1.165) is 0 Å². The van der Waals surface area contributed by atoms with Crippen LogP contribution in [0.3, 0.4) is 0 Å². The zero-order valence-corrected chi connectivity index (χ0v) is 10.7. The summed E-state index contributed by atoms with van der Waals surface area (Å²) in [6, 6.07) is 1.66. The average Bonchev–Trinajstić information content (AvgIpc) is 2.88. The minimum atomic E-state index is -0.458. The van der Waals surface area contributed by atoms with E-state index in [2.05, 4.69) is 4.98 Å². The van der Waals surface area contributed by atoms with E-state index in [4.69, 9.17) is 15.2 Å². The highest BCUT2D eigenvalue weighted by molar-refractivity contribution is 5.98. The van der Waals surface area contributed by atoms with Crippen LogP contribution in [0.2, 0.25) is 0 Å². The summed E-state index contributed by atoms with van der Waals surface area (Å²) in [5, 5.41) is 0. The number of rotatable bonds is 1. The molecule has 0 atom stereocenters. The maximum atomic E-state index is 12.4. The fourth-order valence-corrected chi connectivity index (χ4v) is 2.61. The largest absolute Gasteiger partial charge is 0.397 e. The second-order valence-corrected chi connectivity index (χ2v) is 4.86. The lowest BCUT2D eigenvalue weighted by Gasteiger charge is -2.37. The van der Waals surface area contributed by atoms with Gasteiger partial charge in [0.1, 0.15) is 0 Å². The van der Waals surface area contributed by atoms with Gasteiger partial charge in [-0.05, 0) is 6.07 Å². The zero-order valence-electron chi connectivity index (χ0n) is 10.7. The number of carbonyl (C=O) groups excluding carboxylic acids is 1. The van der Waals surface area contributed by atoms with Crippen molar-refractivity contribution in [2.24, 2.45) is 0 Å². The maximum Gasteiger partial charge on any atom is 0.256 e. The Hall–Kier alpha value is -1.66. The number of carbonyl (C=O) groups is 1. The summed E-state index contributed by atoms with van der Waals surface area (Å²) in [7, 11) is 0. The van der Waals surface area contributed by atoms with E-state index in [-0.39, 0.29) is 5.91 Å². The molecule has 1 aromatic rings. The Morgan fingerprint density at radius 1 is 1.32 bits per heavy atom. The minimum absolute atomic E-state index is 0.0484. The third-order valence-corrected chi connectivity index (χ3v) is 3.71. The number of aromatic nitrogens is 1. The smallest absolute Gasteiger partial charge is 0.256 e. The summed E-state index contributed by atoms with van der Waals surface area (Å²) in [6.45, 7) is 2.54. The Morgan fingerprint density at radius 3 is 2.63 bits per heavy atom. The van der Waals surface area contributed by atoms with E-state index in [1.165, 1.54) is 6.20 Å². The molecule has 1 spiro atoms. The fourth-order valence-electron chi connectivity index (χ4n) is 2.61. The second kappa shape index (κ2) is 4.79. The number of likely N-dealkylation sites (tertiary alicyclic amines) is 1. The van der Waals surface area contributed by atoms with Gasteiger partial charge in [0.25, 0.3) is 5.91 Å². The van der Waals surface area contributed by atoms with E-state index < -0.39 is 5.79 Å². The van der Waals surface area contributed by atoms with Crippen LogP contribution >= 0.6 is 0 Å². The van der Waals surface area contributed by atoms with Gasteiger partial charge in [0.05, 0.1) is 30.7 Å². The third kappa shape index (κ3) is 2.29. The summed E-state index contributed by atoms with van der Waals surface area (Å²) >= 11 is 0. The highest BCUT2D eigenvalue weighted by Gasteiger charge is 2.40. The van der Waals surface area contributed by atoms with Crippen LogP contribution in [0.5, 0.6) is 0 Å². The summed E-state index contributed by atoms with van der Waals surface area (Å²) in [5.74, 6) is -0.506. The normalized spacial score (nSPS) is 21.8. The van der Waals surface area contributed by atoms with E-state index in [1.54, 1.807) is 17.2 Å². The molecule has 1 amide bonds. The summed E-state index contributed by atoms with van der Waals surface area (Å²) in [4.78, 5) is 18.0. The van der Waals surface area contributed by atoms with Crippen LogP contribution in [-0.4, -0.2) is 47.9 Å². The van der Waals surface area contributed by atoms with Crippen LogP contribution in [0.15, 0.2) is 18.5 Å². The lowest BCUT2D eigenvalue weighted by Crippen LogP contribution is -2.47. The van der Waals surface area contributed by atoms with Gasteiger partial charge >= 0.3 is 0 Å². The molecule has 19 heavy (non-hydrogen) atoms. The van der Waals surface area contributed by atoms with Crippen molar-refractivity contribution < 1.29 is 14.3 Å². The fraction of sp³-hybridized carbons (Fsp3) is 0.538. The van der Waals surface area contributed by atoms with Crippen LogP contribution in [-0.2, 0) is 9.47 Å². The van der Waals surface area contributed by atoms with Gasteiger partial charge in [-0.2, -0.15) is 0 Å². The van der Waals surface area contributed by atoms with Gasteiger partial charge in [0.15, 0.2) is 5.79 Å². The molecule has 0 unspecified atom stereocenters. The molecule has 1 aromatic heterocycles. The van der Waals surface area contributed by atoms with Gasteiger partial charge in [-0.25, -0.2) is 0 Å². The average molecular weight is 263 g/mol. The molecular formula is C13H17N3O3. The monoisotopic (exact) mass is 263 g/mol. The van der Waals surface area contributed by atoms with Crippen LogP contribution in [0.1, 0.15) is 23.2 Å². The molecule has 2 N–H and O–H groups in total. The lowest BCUT2D eigenvalue weighted by molar-refractivity contribution is -0.181. The summed E-state index contributed by atoms with van der Waals surface area (Å²) in [5.41, 5.74) is 6.72. The lowest BCUT2D eigenvalue weighted by atomic mass is 10.0. The van der Waals surface area contributed by atoms with Crippen LogP contribution in [0, 0.1) is 0 Å². The Morgan fingerprint density at radius 2 is 2.00 bits per heavy atom. The predicted octanol–water partition coefficient (Wildman–Crippen LogP) is 0.643. The van der Waals surface area contributed by atoms with Gasteiger partial charge in [-0.3, -0.25) is 9.78 Å². The van der Waals surface area contributed by atoms with Gasteiger partial charge in [-0.15, -0.1) is 0 Å². The highest BCUT2D eigenvalue weighted by atomic mass is 16.7. The van der Waals surface area contributed by atoms with Crippen molar-refractivity contribution in [1.82, 2.24) is 9.88 Å². The maximum absolute atomic E-state index is 12.4. The summed E-state index contributed by atoms with van der Waals surface area (Å²) < 4.78 is 11.3. The molecule has 6 nitrogen and oxygen atoms in total. The number of hydrogen-bond acceptors (Lipinski definition) is 5. The number of ether oxygens (including phenoxy) is 2. The second-order valence-electron chi connectivity index (χ2n) is 4.86. The molecular weight excluding hydrogens is 246 g/mol. The number of anilines is 1. The van der Waals surface area contributed by atoms with Crippen molar-refractivity contribution in [1.29, 1.82) is 0 Å². The highest BCUT2D eigenvalue weighted by Crippen LogP contribution is 2.31. The molecule has 2 fully saturated rings. The molecule has 102 valence electrons. The van der Waals surface area contributed by atoms with E-state index in [1.807, 2.05) is 0 Å². The Balaban J connectivity index is 1.68.